The standard InChI is InChI=1S/C15H20N2O2/c1-15(9-16,10-6-7-10)17-14(18)12-8-19-13-5-3-2-4-11(12)13/h2-5,10,12H,6-9,16H2,1H3,(H,17,18). The number of rotatable bonds is 4. The normalized spacial score (nSPS) is 24.2. The van der Waals surface area contributed by atoms with E-state index in [-0.39, 0.29) is 17.4 Å². The zero-order chi connectivity index (χ0) is 13.5. The summed E-state index contributed by atoms with van der Waals surface area (Å²) in [6.07, 6.45) is 2.32. The first-order chi connectivity index (χ1) is 9.14. The lowest BCUT2D eigenvalue weighted by Crippen LogP contribution is -2.54. The molecule has 1 aromatic carbocycles. The summed E-state index contributed by atoms with van der Waals surface area (Å²) in [5, 5.41) is 3.14. The Morgan fingerprint density at radius 1 is 1.47 bits per heavy atom. The molecule has 102 valence electrons. The molecule has 0 radical (unpaired) electrons. The fourth-order valence-electron chi connectivity index (χ4n) is 2.79. The number of nitrogens with one attached hydrogen (secondary N) is 1. The Bertz CT molecular complexity index is 499. The van der Waals surface area contributed by atoms with Gasteiger partial charge in [0.05, 0.1) is 5.54 Å². The second-order valence-electron chi connectivity index (χ2n) is 5.79. The van der Waals surface area contributed by atoms with E-state index in [0.29, 0.717) is 19.1 Å². The number of para-hydroxylation sites is 1. The van der Waals surface area contributed by atoms with E-state index in [1.165, 1.54) is 0 Å². The molecule has 3 rings (SSSR count). The van der Waals surface area contributed by atoms with Gasteiger partial charge in [-0.1, -0.05) is 18.2 Å². The molecule has 1 saturated carbocycles. The van der Waals surface area contributed by atoms with Crippen molar-refractivity contribution < 1.29 is 9.53 Å². The van der Waals surface area contributed by atoms with Crippen LogP contribution in [0.5, 0.6) is 5.75 Å². The number of benzene rings is 1. The highest BCUT2D eigenvalue weighted by molar-refractivity contribution is 5.86. The van der Waals surface area contributed by atoms with Crippen molar-refractivity contribution in [3.05, 3.63) is 29.8 Å². The van der Waals surface area contributed by atoms with Crippen LogP contribution in [0, 0.1) is 5.92 Å². The van der Waals surface area contributed by atoms with Crippen LogP contribution in [0.3, 0.4) is 0 Å². The largest absolute Gasteiger partial charge is 0.492 e. The molecule has 0 saturated heterocycles. The van der Waals surface area contributed by atoms with E-state index in [9.17, 15) is 4.79 Å². The lowest BCUT2D eigenvalue weighted by molar-refractivity contribution is -0.124. The molecule has 2 atom stereocenters. The van der Waals surface area contributed by atoms with Crippen molar-refractivity contribution in [2.24, 2.45) is 11.7 Å². The number of amides is 1. The zero-order valence-corrected chi connectivity index (χ0v) is 11.2. The van der Waals surface area contributed by atoms with Gasteiger partial charge >= 0.3 is 0 Å². The fraction of sp³-hybridized carbons (Fsp3) is 0.533. The van der Waals surface area contributed by atoms with Crippen molar-refractivity contribution in [2.75, 3.05) is 13.2 Å². The van der Waals surface area contributed by atoms with E-state index in [0.717, 1.165) is 24.2 Å². The third-order valence-electron chi connectivity index (χ3n) is 4.33. The molecule has 1 amide bonds. The smallest absolute Gasteiger partial charge is 0.231 e. The van der Waals surface area contributed by atoms with Crippen LogP contribution in [-0.4, -0.2) is 24.6 Å². The van der Waals surface area contributed by atoms with Gasteiger partial charge in [0, 0.05) is 12.1 Å². The van der Waals surface area contributed by atoms with Gasteiger partial charge in [0.15, 0.2) is 0 Å². The summed E-state index contributed by atoms with van der Waals surface area (Å²) in [5.41, 5.74) is 6.56. The van der Waals surface area contributed by atoms with E-state index in [1.54, 1.807) is 0 Å². The molecule has 1 heterocycles. The molecule has 0 spiro atoms. The van der Waals surface area contributed by atoms with Gasteiger partial charge in [0.25, 0.3) is 0 Å². The lowest BCUT2D eigenvalue weighted by atomic mass is 9.93. The third kappa shape index (κ3) is 2.21. The second-order valence-corrected chi connectivity index (χ2v) is 5.79. The number of nitrogens with two attached hydrogens (primary N) is 1. The molecule has 0 aromatic heterocycles. The van der Waals surface area contributed by atoms with Crippen LogP contribution in [0.4, 0.5) is 0 Å². The van der Waals surface area contributed by atoms with Crippen molar-refractivity contribution in [3.8, 4) is 5.75 Å². The summed E-state index contributed by atoms with van der Waals surface area (Å²) in [5.74, 6) is 1.17. The number of carbonyl (C=O) groups excluding carboxylic acids is 1. The topological polar surface area (TPSA) is 64.3 Å². The highest BCUT2D eigenvalue weighted by Crippen LogP contribution is 2.40. The summed E-state index contributed by atoms with van der Waals surface area (Å²) in [4.78, 5) is 12.5. The quantitative estimate of drug-likeness (QED) is 0.860. The highest BCUT2D eigenvalue weighted by atomic mass is 16.5. The van der Waals surface area contributed by atoms with Gasteiger partial charge in [-0.05, 0) is 31.7 Å². The molecule has 4 heteroatoms. The van der Waals surface area contributed by atoms with E-state index in [4.69, 9.17) is 10.5 Å². The van der Waals surface area contributed by atoms with E-state index in [1.807, 2.05) is 31.2 Å². The molecule has 3 N–H and O–H groups in total. The van der Waals surface area contributed by atoms with Gasteiger partial charge in [-0.15, -0.1) is 0 Å². The highest BCUT2D eigenvalue weighted by Gasteiger charge is 2.43. The minimum Gasteiger partial charge on any atom is -0.492 e. The van der Waals surface area contributed by atoms with Crippen LogP contribution in [-0.2, 0) is 4.79 Å². The summed E-state index contributed by atoms with van der Waals surface area (Å²) in [6.45, 7) is 2.96. The number of hydrogen-bond donors (Lipinski definition) is 2. The first-order valence-corrected chi connectivity index (χ1v) is 6.88. The maximum absolute atomic E-state index is 12.5. The minimum absolute atomic E-state index is 0.0322. The van der Waals surface area contributed by atoms with Crippen molar-refractivity contribution >= 4 is 5.91 Å². The lowest BCUT2D eigenvalue weighted by Gasteiger charge is -2.30. The molecule has 0 bridgehead atoms. The molecular weight excluding hydrogens is 240 g/mol. The molecule has 2 unspecified atom stereocenters. The zero-order valence-electron chi connectivity index (χ0n) is 11.2. The molecule has 4 nitrogen and oxygen atoms in total. The van der Waals surface area contributed by atoms with Crippen molar-refractivity contribution in [1.82, 2.24) is 5.32 Å². The first-order valence-electron chi connectivity index (χ1n) is 6.88. The molecular formula is C15H20N2O2. The Kier molecular flexibility index (Phi) is 2.97. The summed E-state index contributed by atoms with van der Waals surface area (Å²) in [7, 11) is 0. The average molecular weight is 260 g/mol. The Hall–Kier alpha value is -1.55. The number of fused-ring (bicyclic) bond motifs is 1. The second kappa shape index (κ2) is 4.53. The minimum atomic E-state index is -0.269. The van der Waals surface area contributed by atoms with Crippen LogP contribution >= 0.6 is 0 Å². The Labute approximate surface area is 113 Å². The maximum atomic E-state index is 12.5. The molecule has 1 aromatic rings. The molecule has 19 heavy (non-hydrogen) atoms. The number of hydrogen-bond acceptors (Lipinski definition) is 3. The van der Waals surface area contributed by atoms with E-state index < -0.39 is 0 Å². The predicted octanol–water partition coefficient (Wildman–Crippen LogP) is 1.41. The third-order valence-corrected chi connectivity index (χ3v) is 4.33. The Morgan fingerprint density at radius 2 is 2.21 bits per heavy atom. The molecule has 1 aliphatic carbocycles. The fourth-order valence-corrected chi connectivity index (χ4v) is 2.79. The number of ether oxygens (including phenoxy) is 1. The van der Waals surface area contributed by atoms with Gasteiger partial charge in [0.1, 0.15) is 18.3 Å². The van der Waals surface area contributed by atoms with Crippen molar-refractivity contribution in [2.45, 2.75) is 31.2 Å². The maximum Gasteiger partial charge on any atom is 0.231 e. The monoisotopic (exact) mass is 260 g/mol. The summed E-state index contributed by atoms with van der Waals surface area (Å²) < 4.78 is 5.56. The van der Waals surface area contributed by atoms with Crippen LogP contribution in [0.25, 0.3) is 0 Å². The van der Waals surface area contributed by atoms with Gasteiger partial charge in [-0.2, -0.15) is 0 Å². The van der Waals surface area contributed by atoms with Gasteiger partial charge < -0.3 is 15.8 Å². The van der Waals surface area contributed by atoms with Gasteiger partial charge in [0.2, 0.25) is 5.91 Å². The van der Waals surface area contributed by atoms with Crippen LogP contribution < -0.4 is 15.8 Å². The van der Waals surface area contributed by atoms with Crippen LogP contribution in [0.15, 0.2) is 24.3 Å². The Balaban J connectivity index is 1.75. The van der Waals surface area contributed by atoms with Gasteiger partial charge in [-0.3, -0.25) is 4.79 Å². The summed E-state index contributed by atoms with van der Waals surface area (Å²) >= 11 is 0. The number of carbonyl (C=O) groups is 1. The molecule has 1 aliphatic heterocycles. The molecule has 2 aliphatic rings. The van der Waals surface area contributed by atoms with Crippen LogP contribution in [0.1, 0.15) is 31.2 Å². The molecule has 1 fully saturated rings. The first kappa shape index (κ1) is 12.5. The van der Waals surface area contributed by atoms with E-state index in [2.05, 4.69) is 5.32 Å². The average Bonchev–Trinajstić information content (AvgIpc) is 3.19. The van der Waals surface area contributed by atoms with Crippen LogP contribution in [0.2, 0.25) is 0 Å². The SMILES string of the molecule is CC(CN)(NC(=O)C1COc2ccccc21)C1CC1. The van der Waals surface area contributed by atoms with Crippen molar-refractivity contribution in [3.63, 3.8) is 0 Å². The van der Waals surface area contributed by atoms with Gasteiger partial charge in [-0.25, -0.2) is 0 Å². The van der Waals surface area contributed by atoms with E-state index >= 15 is 0 Å². The predicted molar refractivity (Wildman–Crippen MR) is 73.0 cm³/mol. The van der Waals surface area contributed by atoms with Crippen molar-refractivity contribution in [1.29, 1.82) is 0 Å². The summed E-state index contributed by atoms with van der Waals surface area (Å²) in [6, 6.07) is 7.74. The Morgan fingerprint density at radius 3 is 2.89 bits per heavy atom.